The van der Waals surface area contributed by atoms with E-state index < -0.39 is 5.97 Å². The van der Waals surface area contributed by atoms with E-state index in [0.717, 1.165) is 27.8 Å². The molecule has 26 heavy (non-hydrogen) atoms. The minimum Gasteiger partial charge on any atom is -0.481 e. The second-order valence-electron chi connectivity index (χ2n) is 5.54. The van der Waals surface area contributed by atoms with Crippen molar-refractivity contribution in [3.63, 3.8) is 0 Å². The van der Waals surface area contributed by atoms with Crippen molar-refractivity contribution in [2.24, 2.45) is 0 Å². The lowest BCUT2D eigenvalue weighted by Crippen LogP contribution is -2.09. The van der Waals surface area contributed by atoms with Crippen LogP contribution in [0.25, 0.3) is 0 Å². The number of carboxylic acid groups (broad SMARTS) is 1. The molecule has 0 fully saturated rings. The predicted molar refractivity (Wildman–Crippen MR) is 102 cm³/mol. The number of benzene rings is 1. The van der Waals surface area contributed by atoms with Gasteiger partial charge in [0.2, 0.25) is 5.95 Å². The average Bonchev–Trinajstić information content (AvgIpc) is 3.12. The minimum atomic E-state index is -0.854. The van der Waals surface area contributed by atoms with Crippen LogP contribution in [0.15, 0.2) is 47.5 Å². The molecule has 0 atom stereocenters. The molecule has 2 heterocycles. The molecule has 2 aromatic heterocycles. The van der Waals surface area contributed by atoms with Gasteiger partial charge in [-0.25, -0.2) is 9.97 Å². The number of aliphatic carboxylic acids is 1. The molecule has 9 heteroatoms. The Balaban J connectivity index is 1.62. The first-order valence-corrected chi connectivity index (χ1v) is 8.71. The third kappa shape index (κ3) is 5.03. The number of carbonyl (C=O) groups is 1. The number of nitrogens with one attached hydrogen (secondary N) is 3. The number of hydrogen-bond acceptors (Lipinski definition) is 6. The average molecular weight is 417 g/mol. The Labute approximate surface area is 158 Å². The molecule has 0 bridgehead atoms. The van der Waals surface area contributed by atoms with Gasteiger partial charge in [-0.2, -0.15) is 4.98 Å². The quantitative estimate of drug-likeness (QED) is 0.445. The van der Waals surface area contributed by atoms with Crippen molar-refractivity contribution in [2.75, 3.05) is 17.2 Å². The van der Waals surface area contributed by atoms with Gasteiger partial charge in [0.15, 0.2) is 0 Å². The van der Waals surface area contributed by atoms with Crippen LogP contribution in [0.1, 0.15) is 11.3 Å². The van der Waals surface area contributed by atoms with Crippen LogP contribution in [0.5, 0.6) is 0 Å². The van der Waals surface area contributed by atoms with E-state index in [4.69, 9.17) is 5.11 Å². The molecule has 0 spiro atoms. The van der Waals surface area contributed by atoms with Gasteiger partial charge in [-0.05, 0) is 33.6 Å². The zero-order chi connectivity index (χ0) is 18.4. The maximum Gasteiger partial charge on any atom is 0.307 e. The molecular weight excluding hydrogens is 400 g/mol. The molecular formula is C17H17BrN6O2. The summed E-state index contributed by atoms with van der Waals surface area (Å²) in [5.74, 6) is 0.278. The summed E-state index contributed by atoms with van der Waals surface area (Å²) < 4.78 is 0.768. The van der Waals surface area contributed by atoms with Crippen LogP contribution in [0, 0.1) is 0 Å². The Morgan fingerprint density at radius 1 is 1.23 bits per heavy atom. The van der Waals surface area contributed by atoms with E-state index >= 15 is 0 Å². The number of rotatable bonds is 8. The normalized spacial score (nSPS) is 10.5. The van der Waals surface area contributed by atoms with Gasteiger partial charge in [-0.15, -0.1) is 0 Å². The van der Waals surface area contributed by atoms with E-state index in [-0.39, 0.29) is 6.42 Å². The Morgan fingerprint density at radius 2 is 2.04 bits per heavy atom. The van der Waals surface area contributed by atoms with Crippen LogP contribution in [0.4, 0.5) is 17.5 Å². The fraction of sp³-hybridized carbons (Fsp3) is 0.176. The number of anilines is 3. The number of halogens is 1. The first-order chi connectivity index (χ1) is 12.6. The van der Waals surface area contributed by atoms with E-state index in [0.29, 0.717) is 18.3 Å². The second kappa shape index (κ2) is 8.43. The Hall–Kier alpha value is -2.94. The molecule has 0 saturated carbocycles. The zero-order valence-electron chi connectivity index (χ0n) is 13.7. The molecule has 3 rings (SSSR count). The maximum atomic E-state index is 10.7. The van der Waals surface area contributed by atoms with Crippen molar-refractivity contribution < 1.29 is 9.90 Å². The molecule has 1 aromatic carbocycles. The number of aromatic amines is 1. The van der Waals surface area contributed by atoms with E-state index in [1.807, 2.05) is 0 Å². The summed E-state index contributed by atoms with van der Waals surface area (Å²) in [5, 5.41) is 15.2. The molecule has 0 amide bonds. The number of carboxylic acids is 1. The van der Waals surface area contributed by atoms with Gasteiger partial charge in [0.25, 0.3) is 0 Å². The monoisotopic (exact) mass is 416 g/mol. The number of nitrogens with zero attached hydrogens (tertiary/aromatic N) is 3. The van der Waals surface area contributed by atoms with Crippen LogP contribution in [0.3, 0.4) is 0 Å². The van der Waals surface area contributed by atoms with Gasteiger partial charge >= 0.3 is 5.97 Å². The van der Waals surface area contributed by atoms with Crippen molar-refractivity contribution in [2.45, 2.75) is 12.8 Å². The number of H-pyrrole nitrogens is 1. The van der Waals surface area contributed by atoms with Crippen LogP contribution < -0.4 is 10.6 Å². The van der Waals surface area contributed by atoms with E-state index in [2.05, 4.69) is 46.5 Å². The Bertz CT molecular complexity index is 867. The van der Waals surface area contributed by atoms with Crippen molar-refractivity contribution in [1.29, 1.82) is 0 Å². The highest BCUT2D eigenvalue weighted by Crippen LogP contribution is 2.22. The van der Waals surface area contributed by atoms with Crippen LogP contribution in [0.2, 0.25) is 0 Å². The molecule has 8 nitrogen and oxygen atoms in total. The molecule has 0 aliphatic heterocycles. The number of aromatic nitrogens is 4. The third-order valence-corrected chi connectivity index (χ3v) is 4.13. The van der Waals surface area contributed by atoms with Crippen molar-refractivity contribution in [1.82, 2.24) is 19.9 Å². The SMILES string of the molecule is O=C(O)Cc1ccc(Nc2ncc(Br)c(NCCc3cnc[nH]3)n2)cc1. The highest BCUT2D eigenvalue weighted by Gasteiger charge is 2.06. The molecule has 4 N–H and O–H groups in total. The molecule has 3 aromatic rings. The molecule has 0 aliphatic carbocycles. The molecule has 134 valence electrons. The lowest BCUT2D eigenvalue weighted by atomic mass is 10.1. The first-order valence-electron chi connectivity index (χ1n) is 7.91. The zero-order valence-corrected chi connectivity index (χ0v) is 15.3. The number of hydrogen-bond donors (Lipinski definition) is 4. The lowest BCUT2D eigenvalue weighted by molar-refractivity contribution is -0.136. The largest absolute Gasteiger partial charge is 0.481 e. The van der Waals surface area contributed by atoms with E-state index in [9.17, 15) is 4.79 Å². The fourth-order valence-corrected chi connectivity index (χ4v) is 2.63. The highest BCUT2D eigenvalue weighted by atomic mass is 79.9. The number of imidazole rings is 1. The fourth-order valence-electron chi connectivity index (χ4n) is 2.30. The Kier molecular flexibility index (Phi) is 5.80. The van der Waals surface area contributed by atoms with Gasteiger partial charge < -0.3 is 20.7 Å². The first kappa shape index (κ1) is 17.9. The molecule has 0 unspecified atom stereocenters. The van der Waals surface area contributed by atoms with Gasteiger partial charge in [0.05, 0.1) is 17.2 Å². The summed E-state index contributed by atoms with van der Waals surface area (Å²) in [6.45, 7) is 0.696. The van der Waals surface area contributed by atoms with Crippen molar-refractivity contribution in [3.8, 4) is 0 Å². The van der Waals surface area contributed by atoms with Crippen molar-refractivity contribution >= 4 is 39.4 Å². The second-order valence-corrected chi connectivity index (χ2v) is 6.39. The highest BCUT2D eigenvalue weighted by molar-refractivity contribution is 9.10. The standard InChI is InChI=1S/C17H17BrN6O2/c18-14-9-21-17(23-12-3-1-11(2-4-12)7-15(25)26)24-16(14)20-6-5-13-8-19-10-22-13/h1-4,8-10H,5-7H2,(H,19,22)(H,25,26)(H2,20,21,23,24). The third-order valence-electron chi connectivity index (χ3n) is 3.55. The minimum absolute atomic E-state index is 0.000532. The van der Waals surface area contributed by atoms with Crippen LogP contribution in [-0.2, 0) is 17.6 Å². The summed E-state index contributed by atoms with van der Waals surface area (Å²) >= 11 is 3.44. The van der Waals surface area contributed by atoms with Gasteiger partial charge in [-0.1, -0.05) is 12.1 Å². The van der Waals surface area contributed by atoms with Crippen LogP contribution >= 0.6 is 15.9 Å². The maximum absolute atomic E-state index is 10.7. The summed E-state index contributed by atoms with van der Waals surface area (Å²) in [7, 11) is 0. The van der Waals surface area contributed by atoms with E-state index in [1.54, 1.807) is 43.0 Å². The van der Waals surface area contributed by atoms with Gasteiger partial charge in [0.1, 0.15) is 5.82 Å². The summed E-state index contributed by atoms with van der Waals surface area (Å²) in [6, 6.07) is 7.13. The molecule has 0 aliphatic rings. The summed E-state index contributed by atoms with van der Waals surface area (Å²) in [5.41, 5.74) is 2.56. The summed E-state index contributed by atoms with van der Waals surface area (Å²) in [6.07, 6.45) is 5.91. The predicted octanol–water partition coefficient (Wildman–Crippen LogP) is 2.99. The summed E-state index contributed by atoms with van der Waals surface area (Å²) in [4.78, 5) is 26.5. The lowest BCUT2D eigenvalue weighted by Gasteiger charge is -2.10. The van der Waals surface area contributed by atoms with E-state index in [1.165, 1.54) is 0 Å². The molecule has 0 radical (unpaired) electrons. The van der Waals surface area contributed by atoms with Crippen LogP contribution in [-0.4, -0.2) is 37.6 Å². The Morgan fingerprint density at radius 3 is 2.73 bits per heavy atom. The topological polar surface area (TPSA) is 116 Å². The van der Waals surface area contributed by atoms with Crippen molar-refractivity contribution in [3.05, 3.63) is 58.7 Å². The van der Waals surface area contributed by atoms with Gasteiger partial charge in [0, 0.05) is 36.7 Å². The molecule has 0 saturated heterocycles. The van der Waals surface area contributed by atoms with Gasteiger partial charge in [-0.3, -0.25) is 4.79 Å². The smallest absolute Gasteiger partial charge is 0.307 e.